The van der Waals surface area contributed by atoms with Crippen LogP contribution in [0.25, 0.3) is 11.3 Å². The number of carbonyl (C=O) groups is 2. The first-order valence-corrected chi connectivity index (χ1v) is 8.66. The van der Waals surface area contributed by atoms with Crippen LogP contribution in [-0.4, -0.2) is 27.1 Å². The van der Waals surface area contributed by atoms with Gasteiger partial charge in [0, 0.05) is 10.0 Å². The predicted molar refractivity (Wildman–Crippen MR) is 98.3 cm³/mol. The number of aromatic nitrogens is 1. The summed E-state index contributed by atoms with van der Waals surface area (Å²) in [6.07, 6.45) is 0. The van der Waals surface area contributed by atoms with Crippen LogP contribution >= 0.6 is 27.3 Å². The van der Waals surface area contributed by atoms with Crippen molar-refractivity contribution in [2.45, 2.75) is 0 Å². The Morgan fingerprint density at radius 1 is 1.12 bits per heavy atom. The number of anilines is 1. The molecule has 2 aromatic carbocycles. The molecule has 25 heavy (non-hydrogen) atoms. The molecule has 0 aliphatic rings. The number of nitrogens with zero attached hydrogens (tertiary/aromatic N) is 1. The second-order valence-electron chi connectivity index (χ2n) is 4.98. The van der Waals surface area contributed by atoms with Gasteiger partial charge in [-0.25, -0.2) is 9.78 Å². The molecule has 0 spiro atoms. The average molecular weight is 419 g/mol. The van der Waals surface area contributed by atoms with Crippen molar-refractivity contribution in [1.29, 1.82) is 0 Å². The molecule has 0 unspecified atom stereocenters. The van der Waals surface area contributed by atoms with E-state index in [9.17, 15) is 19.8 Å². The highest BCUT2D eigenvalue weighted by atomic mass is 79.9. The van der Waals surface area contributed by atoms with E-state index < -0.39 is 11.9 Å². The van der Waals surface area contributed by atoms with Crippen molar-refractivity contribution >= 4 is 44.3 Å². The minimum atomic E-state index is -1.12. The first kappa shape index (κ1) is 17.1. The van der Waals surface area contributed by atoms with E-state index in [1.165, 1.54) is 12.1 Å². The number of phenols is 1. The molecule has 1 amide bonds. The molecule has 0 aliphatic heterocycles. The van der Waals surface area contributed by atoms with E-state index in [0.717, 1.165) is 11.3 Å². The topological polar surface area (TPSA) is 99.5 Å². The maximum atomic E-state index is 12.3. The van der Waals surface area contributed by atoms with Gasteiger partial charge in [-0.2, -0.15) is 0 Å². The minimum Gasteiger partial charge on any atom is -0.507 e. The number of halogens is 1. The SMILES string of the molecule is O=C(Nc1nc(-c2ccccc2)c(C(=O)O)s1)c1cc(Br)ccc1O. The summed E-state index contributed by atoms with van der Waals surface area (Å²) < 4.78 is 0.630. The fraction of sp³-hybridized carbons (Fsp3) is 0. The van der Waals surface area contributed by atoms with Crippen LogP contribution in [0.1, 0.15) is 20.0 Å². The van der Waals surface area contributed by atoms with Gasteiger partial charge >= 0.3 is 5.97 Å². The largest absolute Gasteiger partial charge is 0.507 e. The van der Waals surface area contributed by atoms with Crippen molar-refractivity contribution in [3.05, 3.63) is 63.4 Å². The standard InChI is InChI=1S/C17H11BrN2O4S/c18-10-6-7-12(21)11(8-10)15(22)20-17-19-13(14(25-17)16(23)24)9-4-2-1-3-5-9/h1-8,21H,(H,23,24)(H,19,20,22). The quantitative estimate of drug-likeness (QED) is 0.588. The lowest BCUT2D eigenvalue weighted by molar-refractivity contribution is 0.0702. The van der Waals surface area contributed by atoms with Gasteiger partial charge in [0.05, 0.1) is 11.3 Å². The number of carboxylic acids is 1. The zero-order valence-electron chi connectivity index (χ0n) is 12.6. The molecule has 1 aromatic heterocycles. The zero-order chi connectivity index (χ0) is 18.0. The number of thiazole rings is 1. The van der Waals surface area contributed by atoms with Gasteiger partial charge in [-0.05, 0) is 18.2 Å². The van der Waals surface area contributed by atoms with Gasteiger partial charge < -0.3 is 10.2 Å². The summed E-state index contributed by atoms with van der Waals surface area (Å²) in [5, 5.41) is 21.9. The first-order chi connectivity index (χ1) is 12.0. The van der Waals surface area contributed by atoms with Gasteiger partial charge in [0.25, 0.3) is 5.91 Å². The van der Waals surface area contributed by atoms with Crippen LogP contribution < -0.4 is 5.32 Å². The van der Waals surface area contributed by atoms with E-state index in [4.69, 9.17) is 0 Å². The Balaban J connectivity index is 1.95. The third kappa shape index (κ3) is 3.70. The molecule has 6 nitrogen and oxygen atoms in total. The molecule has 3 N–H and O–H groups in total. The molecule has 0 aliphatic carbocycles. The highest BCUT2D eigenvalue weighted by molar-refractivity contribution is 9.10. The zero-order valence-corrected chi connectivity index (χ0v) is 15.0. The predicted octanol–water partition coefficient (Wildman–Crippen LogP) is 4.23. The van der Waals surface area contributed by atoms with Crippen LogP contribution in [0.4, 0.5) is 5.13 Å². The number of nitrogens with one attached hydrogen (secondary N) is 1. The molecule has 0 fully saturated rings. The first-order valence-electron chi connectivity index (χ1n) is 7.05. The normalized spacial score (nSPS) is 10.4. The number of hydrogen-bond acceptors (Lipinski definition) is 5. The van der Waals surface area contributed by atoms with E-state index >= 15 is 0 Å². The Bertz CT molecular complexity index is 957. The van der Waals surface area contributed by atoms with E-state index in [2.05, 4.69) is 26.2 Å². The molecular weight excluding hydrogens is 408 g/mol. The summed E-state index contributed by atoms with van der Waals surface area (Å²) in [5.74, 6) is -1.88. The van der Waals surface area contributed by atoms with Crippen molar-refractivity contribution in [2.75, 3.05) is 5.32 Å². The number of carbonyl (C=O) groups excluding carboxylic acids is 1. The van der Waals surface area contributed by atoms with Crippen LogP contribution in [0.5, 0.6) is 5.75 Å². The highest BCUT2D eigenvalue weighted by Gasteiger charge is 2.21. The Morgan fingerprint density at radius 3 is 2.52 bits per heavy atom. The number of carboxylic acid groups (broad SMARTS) is 1. The molecule has 3 rings (SSSR count). The molecule has 0 radical (unpaired) electrons. The molecule has 0 bridgehead atoms. The van der Waals surface area contributed by atoms with Gasteiger partial charge in [0.15, 0.2) is 5.13 Å². The number of rotatable bonds is 4. The number of hydrogen-bond donors (Lipinski definition) is 3. The second kappa shape index (κ2) is 7.04. The lowest BCUT2D eigenvalue weighted by Crippen LogP contribution is -2.11. The summed E-state index contributed by atoms with van der Waals surface area (Å²) in [7, 11) is 0. The summed E-state index contributed by atoms with van der Waals surface area (Å²) >= 11 is 4.09. The van der Waals surface area contributed by atoms with Crippen LogP contribution in [0, 0.1) is 0 Å². The van der Waals surface area contributed by atoms with Crippen molar-refractivity contribution in [3.63, 3.8) is 0 Å². The Hall–Kier alpha value is -2.71. The lowest BCUT2D eigenvalue weighted by atomic mass is 10.1. The third-order valence-electron chi connectivity index (χ3n) is 3.29. The van der Waals surface area contributed by atoms with Crippen molar-refractivity contribution in [2.24, 2.45) is 0 Å². The molecule has 3 aromatic rings. The monoisotopic (exact) mass is 418 g/mol. The van der Waals surface area contributed by atoms with Crippen molar-refractivity contribution in [1.82, 2.24) is 4.98 Å². The second-order valence-corrected chi connectivity index (χ2v) is 6.90. The van der Waals surface area contributed by atoms with Crippen LogP contribution in [0.3, 0.4) is 0 Å². The van der Waals surface area contributed by atoms with Gasteiger partial charge in [0.2, 0.25) is 0 Å². The molecule has 8 heteroatoms. The van der Waals surface area contributed by atoms with Crippen LogP contribution in [0.2, 0.25) is 0 Å². The van der Waals surface area contributed by atoms with Crippen molar-refractivity contribution in [3.8, 4) is 17.0 Å². The summed E-state index contributed by atoms with van der Waals surface area (Å²) in [4.78, 5) is 28.1. The van der Waals surface area contributed by atoms with Crippen LogP contribution in [-0.2, 0) is 0 Å². The Kier molecular flexibility index (Phi) is 4.82. The highest BCUT2D eigenvalue weighted by Crippen LogP contribution is 2.32. The van der Waals surface area contributed by atoms with E-state index in [-0.39, 0.29) is 27.0 Å². The van der Waals surface area contributed by atoms with Crippen LogP contribution in [0.15, 0.2) is 53.0 Å². The maximum absolute atomic E-state index is 12.3. The number of aromatic hydroxyl groups is 1. The summed E-state index contributed by atoms with van der Waals surface area (Å²) in [5.41, 5.74) is 0.983. The fourth-order valence-electron chi connectivity index (χ4n) is 2.16. The van der Waals surface area contributed by atoms with E-state index in [0.29, 0.717) is 10.0 Å². The van der Waals surface area contributed by atoms with E-state index in [1.54, 1.807) is 30.3 Å². The molecule has 126 valence electrons. The molecule has 0 atom stereocenters. The maximum Gasteiger partial charge on any atom is 0.348 e. The van der Waals surface area contributed by atoms with Crippen molar-refractivity contribution < 1.29 is 19.8 Å². The Morgan fingerprint density at radius 2 is 1.84 bits per heavy atom. The minimum absolute atomic E-state index is 0.0277. The smallest absolute Gasteiger partial charge is 0.348 e. The molecule has 0 saturated carbocycles. The van der Waals surface area contributed by atoms with Gasteiger partial charge in [-0.1, -0.05) is 57.6 Å². The average Bonchev–Trinajstić information content (AvgIpc) is 3.02. The number of benzene rings is 2. The lowest BCUT2D eigenvalue weighted by Gasteiger charge is -2.04. The molecule has 0 saturated heterocycles. The number of amides is 1. The Labute approximate surface area is 154 Å². The molecule has 1 heterocycles. The van der Waals surface area contributed by atoms with E-state index in [1.807, 2.05) is 6.07 Å². The molecular formula is C17H11BrN2O4S. The summed E-state index contributed by atoms with van der Waals surface area (Å²) in [6.45, 7) is 0. The number of phenolic OH excluding ortho intramolecular Hbond substituents is 1. The van der Waals surface area contributed by atoms with Gasteiger partial charge in [-0.15, -0.1) is 0 Å². The third-order valence-corrected chi connectivity index (χ3v) is 4.74. The number of aromatic carboxylic acids is 1. The van der Waals surface area contributed by atoms with Gasteiger partial charge in [0.1, 0.15) is 10.6 Å². The summed E-state index contributed by atoms with van der Waals surface area (Å²) in [6, 6.07) is 13.3. The fourth-order valence-corrected chi connectivity index (χ4v) is 3.35. The van der Waals surface area contributed by atoms with Gasteiger partial charge in [-0.3, -0.25) is 10.1 Å².